The molecular weight excluding hydrogens is 326 g/mol. The van der Waals surface area contributed by atoms with Crippen LogP contribution in [0.1, 0.15) is 51.5 Å². The van der Waals surface area contributed by atoms with Gasteiger partial charge < -0.3 is 10.1 Å². The largest absolute Gasteiger partial charge is 0.378 e. The van der Waals surface area contributed by atoms with Crippen LogP contribution >= 0.6 is 15.9 Å². The van der Waals surface area contributed by atoms with Crippen LogP contribution in [0.5, 0.6) is 0 Å². The monoisotopic (exact) mass is 351 g/mol. The van der Waals surface area contributed by atoms with E-state index in [0.29, 0.717) is 18.2 Å². The lowest BCUT2D eigenvalue weighted by Crippen LogP contribution is -2.64. The Kier molecular flexibility index (Phi) is 4.45. The van der Waals surface area contributed by atoms with Crippen LogP contribution in [0.3, 0.4) is 0 Å². The van der Waals surface area contributed by atoms with Crippen LogP contribution in [0.15, 0.2) is 28.7 Å². The number of nitrogens with one attached hydrogen (secondary N) is 1. The Bertz CT molecular complexity index is 478. The van der Waals surface area contributed by atoms with Gasteiger partial charge in [-0.25, -0.2) is 0 Å². The third-order valence-electron chi connectivity index (χ3n) is 5.46. The smallest absolute Gasteiger partial charge is 0.0655 e. The van der Waals surface area contributed by atoms with E-state index in [1.54, 1.807) is 0 Å². The second-order valence-corrected chi connectivity index (χ2v) is 8.05. The van der Waals surface area contributed by atoms with Crippen molar-refractivity contribution >= 4 is 15.9 Å². The fourth-order valence-electron chi connectivity index (χ4n) is 3.70. The molecule has 0 aliphatic heterocycles. The molecule has 3 heteroatoms. The first-order chi connectivity index (χ1) is 10.0. The minimum absolute atomic E-state index is 0.276. The molecule has 1 N–H and O–H groups in total. The van der Waals surface area contributed by atoms with Crippen molar-refractivity contribution in [1.82, 2.24) is 5.32 Å². The zero-order chi connectivity index (χ0) is 15.0. The quantitative estimate of drug-likeness (QED) is 0.843. The standard InChI is InChI=1S/C18H26BrNO/c1-4-21-17-11-16(18(17,2)3)20-15-9-13(10-15)12-5-7-14(19)8-6-12/h5-8,13,15-17,20H,4,9-11H2,1-3H3. The highest BCUT2D eigenvalue weighted by Gasteiger charge is 2.50. The Balaban J connectivity index is 1.46. The highest BCUT2D eigenvalue weighted by molar-refractivity contribution is 9.10. The van der Waals surface area contributed by atoms with Crippen molar-refractivity contribution in [2.45, 2.75) is 64.1 Å². The molecule has 2 unspecified atom stereocenters. The minimum Gasteiger partial charge on any atom is -0.378 e. The van der Waals surface area contributed by atoms with Crippen LogP contribution in [0.2, 0.25) is 0 Å². The van der Waals surface area contributed by atoms with E-state index in [-0.39, 0.29) is 5.41 Å². The molecule has 0 heterocycles. The molecule has 116 valence electrons. The molecule has 2 fully saturated rings. The molecule has 3 rings (SSSR count). The van der Waals surface area contributed by atoms with Gasteiger partial charge in [-0.1, -0.05) is 41.9 Å². The summed E-state index contributed by atoms with van der Waals surface area (Å²) < 4.78 is 6.98. The fourth-order valence-corrected chi connectivity index (χ4v) is 3.96. The van der Waals surface area contributed by atoms with Crippen molar-refractivity contribution in [2.75, 3.05) is 6.61 Å². The maximum Gasteiger partial charge on any atom is 0.0655 e. The zero-order valence-corrected chi connectivity index (χ0v) is 14.8. The van der Waals surface area contributed by atoms with Gasteiger partial charge in [-0.2, -0.15) is 0 Å². The van der Waals surface area contributed by atoms with E-state index < -0.39 is 0 Å². The van der Waals surface area contributed by atoms with Crippen LogP contribution in [0.25, 0.3) is 0 Å². The van der Waals surface area contributed by atoms with E-state index in [0.717, 1.165) is 12.5 Å². The van der Waals surface area contributed by atoms with E-state index in [1.165, 1.54) is 29.3 Å². The van der Waals surface area contributed by atoms with Crippen molar-refractivity contribution in [3.63, 3.8) is 0 Å². The predicted octanol–water partition coefficient (Wildman–Crippen LogP) is 4.49. The summed E-state index contributed by atoms with van der Waals surface area (Å²) in [6, 6.07) is 10.1. The highest BCUT2D eigenvalue weighted by Crippen LogP contribution is 2.45. The molecule has 21 heavy (non-hydrogen) atoms. The predicted molar refractivity (Wildman–Crippen MR) is 90.6 cm³/mol. The Morgan fingerprint density at radius 2 is 1.86 bits per heavy atom. The molecule has 2 aliphatic rings. The fraction of sp³-hybridized carbons (Fsp3) is 0.667. The molecule has 0 saturated heterocycles. The Morgan fingerprint density at radius 3 is 2.43 bits per heavy atom. The maximum absolute atomic E-state index is 5.81. The summed E-state index contributed by atoms with van der Waals surface area (Å²) in [7, 11) is 0. The van der Waals surface area contributed by atoms with Gasteiger partial charge in [0.2, 0.25) is 0 Å². The summed E-state index contributed by atoms with van der Waals surface area (Å²) in [6.07, 6.45) is 4.14. The van der Waals surface area contributed by atoms with Crippen molar-refractivity contribution in [1.29, 1.82) is 0 Å². The topological polar surface area (TPSA) is 21.3 Å². The van der Waals surface area contributed by atoms with E-state index in [9.17, 15) is 0 Å². The molecule has 2 saturated carbocycles. The average Bonchev–Trinajstić information content (AvgIpc) is 2.41. The van der Waals surface area contributed by atoms with Crippen molar-refractivity contribution < 1.29 is 4.74 Å². The van der Waals surface area contributed by atoms with E-state index in [2.05, 4.69) is 66.3 Å². The number of halogens is 1. The van der Waals surface area contributed by atoms with Crippen LogP contribution in [-0.4, -0.2) is 24.8 Å². The molecule has 1 aromatic rings. The number of benzene rings is 1. The van der Waals surface area contributed by atoms with Crippen molar-refractivity contribution in [3.8, 4) is 0 Å². The molecule has 2 aliphatic carbocycles. The lowest BCUT2D eigenvalue weighted by molar-refractivity contribution is -0.118. The van der Waals surface area contributed by atoms with Crippen molar-refractivity contribution in [3.05, 3.63) is 34.3 Å². The number of hydrogen-bond acceptors (Lipinski definition) is 2. The normalized spacial score (nSPS) is 34.1. The third kappa shape index (κ3) is 3.06. The first kappa shape index (κ1) is 15.5. The molecule has 1 aromatic carbocycles. The highest BCUT2D eigenvalue weighted by atomic mass is 79.9. The van der Waals surface area contributed by atoms with E-state index >= 15 is 0 Å². The maximum atomic E-state index is 5.81. The first-order valence-corrected chi connectivity index (χ1v) is 8.93. The first-order valence-electron chi connectivity index (χ1n) is 8.13. The number of ether oxygens (including phenoxy) is 1. The van der Waals surface area contributed by atoms with Gasteiger partial charge in [0, 0.05) is 28.6 Å². The second kappa shape index (κ2) is 6.02. The Hall–Kier alpha value is -0.380. The number of hydrogen-bond donors (Lipinski definition) is 1. The number of rotatable bonds is 5. The van der Waals surface area contributed by atoms with Gasteiger partial charge in [-0.05, 0) is 49.8 Å². The molecule has 2 nitrogen and oxygen atoms in total. The molecule has 0 bridgehead atoms. The molecule has 0 spiro atoms. The van der Waals surface area contributed by atoms with Gasteiger partial charge in [0.25, 0.3) is 0 Å². The van der Waals surface area contributed by atoms with E-state index in [1.807, 2.05) is 0 Å². The summed E-state index contributed by atoms with van der Waals surface area (Å²) in [4.78, 5) is 0. The minimum atomic E-state index is 0.276. The summed E-state index contributed by atoms with van der Waals surface area (Å²) in [6.45, 7) is 7.58. The molecule has 2 atom stereocenters. The molecular formula is C18H26BrNO. The van der Waals surface area contributed by atoms with Gasteiger partial charge in [0.15, 0.2) is 0 Å². The summed E-state index contributed by atoms with van der Waals surface area (Å²) in [5.74, 6) is 0.737. The summed E-state index contributed by atoms with van der Waals surface area (Å²) in [5, 5.41) is 3.85. The van der Waals surface area contributed by atoms with Gasteiger partial charge in [-0.3, -0.25) is 0 Å². The second-order valence-electron chi connectivity index (χ2n) is 7.14. The lowest BCUT2D eigenvalue weighted by Gasteiger charge is -2.54. The van der Waals surface area contributed by atoms with Crippen LogP contribution in [0, 0.1) is 5.41 Å². The SMILES string of the molecule is CCOC1CC(NC2CC(c3ccc(Br)cc3)C2)C1(C)C. The van der Waals surface area contributed by atoms with Gasteiger partial charge in [0.05, 0.1) is 6.10 Å². The van der Waals surface area contributed by atoms with Crippen LogP contribution in [-0.2, 0) is 4.74 Å². The average molecular weight is 352 g/mol. The Morgan fingerprint density at radius 1 is 1.19 bits per heavy atom. The molecule has 0 aromatic heterocycles. The van der Waals surface area contributed by atoms with Crippen LogP contribution in [0.4, 0.5) is 0 Å². The third-order valence-corrected chi connectivity index (χ3v) is 5.99. The van der Waals surface area contributed by atoms with Crippen LogP contribution < -0.4 is 5.32 Å². The summed E-state index contributed by atoms with van der Waals surface area (Å²) >= 11 is 3.50. The van der Waals surface area contributed by atoms with Gasteiger partial charge >= 0.3 is 0 Å². The summed E-state index contributed by atoms with van der Waals surface area (Å²) in [5.41, 5.74) is 1.76. The van der Waals surface area contributed by atoms with Crippen molar-refractivity contribution in [2.24, 2.45) is 5.41 Å². The lowest BCUT2D eigenvalue weighted by atomic mass is 9.63. The van der Waals surface area contributed by atoms with Gasteiger partial charge in [0.1, 0.15) is 0 Å². The molecule has 0 amide bonds. The van der Waals surface area contributed by atoms with Gasteiger partial charge in [-0.15, -0.1) is 0 Å². The van der Waals surface area contributed by atoms with E-state index in [4.69, 9.17) is 4.74 Å². The zero-order valence-electron chi connectivity index (χ0n) is 13.2. The Labute approximate surface area is 136 Å². The molecule has 0 radical (unpaired) electrons.